The minimum Gasteiger partial charge on any atom is -0.334 e. The van der Waals surface area contributed by atoms with Crippen molar-refractivity contribution >= 4 is 23.2 Å². The average Bonchev–Trinajstić information content (AvgIpc) is 3.18. The minimum atomic E-state index is -3.07. The van der Waals surface area contributed by atoms with Crippen molar-refractivity contribution in [3.63, 3.8) is 0 Å². The highest BCUT2D eigenvalue weighted by atomic mass is 35.5. The molecule has 27 heavy (non-hydrogen) atoms. The first-order chi connectivity index (χ1) is 12.7. The van der Waals surface area contributed by atoms with Gasteiger partial charge in [0.1, 0.15) is 11.4 Å². The fraction of sp³-hybridized carbons (Fsp3) is 0.333. The lowest BCUT2D eigenvalue weighted by Gasteiger charge is -2.16. The maximum Gasteiger partial charge on any atom is 0.280 e. The molecular formula is C15H13ClF4N6O. The van der Waals surface area contributed by atoms with E-state index >= 15 is 0 Å². The van der Waals surface area contributed by atoms with E-state index in [1.165, 1.54) is 22.8 Å². The predicted molar refractivity (Wildman–Crippen MR) is 86.9 cm³/mol. The summed E-state index contributed by atoms with van der Waals surface area (Å²) >= 11 is 6.00. The Labute approximate surface area is 155 Å². The summed E-state index contributed by atoms with van der Waals surface area (Å²) in [5.74, 6) is -0.614. The molecule has 0 aromatic carbocycles. The van der Waals surface area contributed by atoms with Crippen molar-refractivity contribution in [1.82, 2.24) is 29.3 Å². The van der Waals surface area contributed by atoms with Gasteiger partial charge in [-0.25, -0.2) is 27.1 Å². The molecule has 0 radical (unpaired) electrons. The molecule has 3 rings (SSSR count). The molecule has 0 fully saturated rings. The highest BCUT2D eigenvalue weighted by Crippen LogP contribution is 2.25. The summed E-state index contributed by atoms with van der Waals surface area (Å²) in [7, 11) is 3.11. The van der Waals surface area contributed by atoms with Crippen molar-refractivity contribution < 1.29 is 22.4 Å². The van der Waals surface area contributed by atoms with Crippen LogP contribution in [0.15, 0.2) is 18.3 Å². The van der Waals surface area contributed by atoms with E-state index in [-0.39, 0.29) is 17.9 Å². The van der Waals surface area contributed by atoms with E-state index in [0.717, 1.165) is 6.07 Å². The first-order valence-corrected chi connectivity index (χ1v) is 7.95. The van der Waals surface area contributed by atoms with Gasteiger partial charge in [-0.15, -0.1) is 0 Å². The molecule has 7 nitrogen and oxygen atoms in total. The van der Waals surface area contributed by atoms with E-state index in [4.69, 9.17) is 11.6 Å². The number of nitrogens with zero attached hydrogens (tertiary/aromatic N) is 6. The standard InChI is InChI=1S/C15H13ClF4N6O/c1-24(6-11-7(16)5-21-25(11)2)15(27)9-4-12-22-8(13(17)18)3-10(14(19)20)26(12)23-9/h3-5,13-14H,6H2,1-2H3. The number of carbonyl (C=O) groups excluding carboxylic acids is 1. The monoisotopic (exact) mass is 404 g/mol. The molecule has 0 saturated heterocycles. The number of fused-ring (bicyclic) bond motifs is 1. The second-order valence-electron chi connectivity index (χ2n) is 5.73. The summed E-state index contributed by atoms with van der Waals surface area (Å²) in [6, 6.07) is 1.66. The smallest absolute Gasteiger partial charge is 0.280 e. The van der Waals surface area contributed by atoms with E-state index in [9.17, 15) is 22.4 Å². The zero-order valence-corrected chi connectivity index (χ0v) is 14.8. The molecule has 0 N–H and O–H groups in total. The highest BCUT2D eigenvalue weighted by molar-refractivity contribution is 6.31. The van der Waals surface area contributed by atoms with Gasteiger partial charge in [-0.2, -0.15) is 10.2 Å². The zero-order chi connectivity index (χ0) is 19.9. The summed E-state index contributed by atoms with van der Waals surface area (Å²) in [4.78, 5) is 17.4. The second-order valence-corrected chi connectivity index (χ2v) is 6.14. The molecule has 144 valence electrons. The van der Waals surface area contributed by atoms with Crippen LogP contribution in [0.2, 0.25) is 5.02 Å². The van der Waals surface area contributed by atoms with Gasteiger partial charge in [0, 0.05) is 20.2 Å². The first-order valence-electron chi connectivity index (χ1n) is 7.57. The summed E-state index contributed by atoms with van der Waals surface area (Å²) in [5.41, 5.74) is -1.50. The lowest BCUT2D eigenvalue weighted by Crippen LogP contribution is -2.27. The number of amides is 1. The van der Waals surface area contributed by atoms with Gasteiger partial charge in [0.2, 0.25) is 0 Å². The van der Waals surface area contributed by atoms with Crippen molar-refractivity contribution in [1.29, 1.82) is 0 Å². The molecule has 0 atom stereocenters. The van der Waals surface area contributed by atoms with Crippen LogP contribution in [0.4, 0.5) is 17.6 Å². The third kappa shape index (κ3) is 3.59. The number of alkyl halides is 4. The van der Waals surface area contributed by atoms with Gasteiger partial charge in [-0.05, 0) is 6.07 Å². The van der Waals surface area contributed by atoms with E-state index in [2.05, 4.69) is 15.2 Å². The Morgan fingerprint density at radius 1 is 1.26 bits per heavy atom. The Morgan fingerprint density at radius 2 is 1.96 bits per heavy atom. The number of hydrogen-bond acceptors (Lipinski definition) is 4. The topological polar surface area (TPSA) is 68.3 Å². The van der Waals surface area contributed by atoms with Gasteiger partial charge in [0.25, 0.3) is 18.8 Å². The zero-order valence-electron chi connectivity index (χ0n) is 14.1. The second kappa shape index (κ2) is 7.14. The Morgan fingerprint density at radius 3 is 2.52 bits per heavy atom. The van der Waals surface area contributed by atoms with E-state index < -0.39 is 30.1 Å². The third-order valence-corrected chi connectivity index (χ3v) is 4.20. The maximum atomic E-state index is 13.2. The van der Waals surface area contributed by atoms with Gasteiger partial charge < -0.3 is 4.90 Å². The van der Waals surface area contributed by atoms with Gasteiger partial charge in [-0.3, -0.25) is 9.48 Å². The lowest BCUT2D eigenvalue weighted by molar-refractivity contribution is 0.0775. The summed E-state index contributed by atoms with van der Waals surface area (Å²) in [5, 5.41) is 8.12. The molecule has 0 aliphatic rings. The molecule has 0 aliphatic heterocycles. The van der Waals surface area contributed by atoms with Crippen LogP contribution in [0.5, 0.6) is 0 Å². The van der Waals surface area contributed by atoms with Crippen molar-refractivity contribution in [3.05, 3.63) is 46.1 Å². The molecule has 3 aromatic rings. The third-order valence-electron chi connectivity index (χ3n) is 3.89. The molecule has 12 heteroatoms. The molecule has 0 aliphatic carbocycles. The number of rotatable bonds is 5. The molecular weight excluding hydrogens is 392 g/mol. The van der Waals surface area contributed by atoms with Gasteiger partial charge in [0.05, 0.1) is 23.5 Å². The quantitative estimate of drug-likeness (QED) is 0.612. The number of aromatic nitrogens is 5. The molecule has 0 saturated carbocycles. The Kier molecular flexibility index (Phi) is 5.05. The van der Waals surface area contributed by atoms with Crippen molar-refractivity contribution in [2.75, 3.05) is 7.05 Å². The fourth-order valence-corrected chi connectivity index (χ4v) is 2.72. The van der Waals surface area contributed by atoms with E-state index in [1.807, 2.05) is 0 Å². The van der Waals surface area contributed by atoms with Gasteiger partial charge >= 0.3 is 0 Å². The average molecular weight is 405 g/mol. The summed E-state index contributed by atoms with van der Waals surface area (Å²) in [6.45, 7) is 0.0828. The molecule has 1 amide bonds. The lowest BCUT2D eigenvalue weighted by atomic mass is 10.3. The summed E-state index contributed by atoms with van der Waals surface area (Å²) < 4.78 is 54.3. The first kappa shape index (κ1) is 19.1. The molecule has 0 unspecified atom stereocenters. The van der Waals surface area contributed by atoms with Crippen LogP contribution >= 0.6 is 11.6 Å². The van der Waals surface area contributed by atoms with Crippen molar-refractivity contribution in [2.24, 2.45) is 7.05 Å². The Hall–Kier alpha value is -2.69. The predicted octanol–water partition coefficient (Wildman–Crippen LogP) is 3.26. The number of aryl methyl sites for hydroxylation is 1. The highest BCUT2D eigenvalue weighted by Gasteiger charge is 2.24. The molecule has 0 bridgehead atoms. The molecule has 3 heterocycles. The Balaban J connectivity index is 1.96. The van der Waals surface area contributed by atoms with Crippen LogP contribution in [-0.2, 0) is 13.6 Å². The van der Waals surface area contributed by atoms with Crippen LogP contribution in [-0.4, -0.2) is 42.2 Å². The molecule has 0 spiro atoms. The minimum absolute atomic E-state index is 0.0828. The number of halogens is 5. The van der Waals surface area contributed by atoms with E-state index in [0.29, 0.717) is 21.3 Å². The SMILES string of the molecule is CN(Cc1c(Cl)cnn1C)C(=O)c1cc2nc(C(F)F)cc(C(F)F)n2n1. The van der Waals surface area contributed by atoms with Crippen LogP contribution in [0.1, 0.15) is 40.4 Å². The van der Waals surface area contributed by atoms with Crippen LogP contribution in [0, 0.1) is 0 Å². The number of carbonyl (C=O) groups is 1. The van der Waals surface area contributed by atoms with Crippen molar-refractivity contribution in [3.8, 4) is 0 Å². The van der Waals surface area contributed by atoms with E-state index in [1.54, 1.807) is 7.05 Å². The van der Waals surface area contributed by atoms with Crippen LogP contribution in [0.3, 0.4) is 0 Å². The Bertz CT molecular complexity index is 982. The van der Waals surface area contributed by atoms with Gasteiger partial charge in [0.15, 0.2) is 11.3 Å². The largest absolute Gasteiger partial charge is 0.334 e. The normalized spacial score (nSPS) is 11.7. The van der Waals surface area contributed by atoms with Crippen molar-refractivity contribution in [2.45, 2.75) is 19.4 Å². The fourth-order valence-electron chi connectivity index (χ4n) is 2.50. The van der Waals surface area contributed by atoms with Crippen LogP contribution < -0.4 is 0 Å². The molecule has 3 aromatic heterocycles. The number of hydrogen-bond donors (Lipinski definition) is 0. The van der Waals surface area contributed by atoms with Gasteiger partial charge in [-0.1, -0.05) is 11.6 Å². The van der Waals surface area contributed by atoms with Crippen LogP contribution in [0.25, 0.3) is 5.65 Å². The summed E-state index contributed by atoms with van der Waals surface area (Å²) in [6.07, 6.45) is -4.68. The maximum absolute atomic E-state index is 13.2.